The molecule has 0 aromatic heterocycles. The Labute approximate surface area is 79.8 Å². The van der Waals surface area contributed by atoms with E-state index in [1.807, 2.05) is 13.8 Å². The standard InChI is InChI=1S/C6H14O2.C3H6O2/c1-4-8-6(2)5-7-3;1-2-3(4)5/h6H,4-5H2,1-3H3;2H2,1H3,(H,4,5). The van der Waals surface area contributed by atoms with Crippen molar-refractivity contribution < 1.29 is 19.4 Å². The second-order valence-electron chi connectivity index (χ2n) is 2.47. The van der Waals surface area contributed by atoms with Crippen molar-refractivity contribution in [3.05, 3.63) is 0 Å². The van der Waals surface area contributed by atoms with E-state index in [9.17, 15) is 4.79 Å². The van der Waals surface area contributed by atoms with Crippen LogP contribution in [-0.4, -0.2) is 37.5 Å². The van der Waals surface area contributed by atoms with Crippen molar-refractivity contribution in [1.29, 1.82) is 0 Å². The Hall–Kier alpha value is -0.610. The third-order valence-corrected chi connectivity index (χ3v) is 1.16. The van der Waals surface area contributed by atoms with Crippen LogP contribution in [0.1, 0.15) is 27.2 Å². The summed E-state index contributed by atoms with van der Waals surface area (Å²) < 4.78 is 9.99. The van der Waals surface area contributed by atoms with Crippen molar-refractivity contribution in [2.24, 2.45) is 0 Å². The highest BCUT2D eigenvalue weighted by atomic mass is 16.5. The fraction of sp³-hybridized carbons (Fsp3) is 0.889. The molecule has 13 heavy (non-hydrogen) atoms. The molecule has 0 spiro atoms. The van der Waals surface area contributed by atoms with Crippen molar-refractivity contribution in [1.82, 2.24) is 0 Å². The summed E-state index contributed by atoms with van der Waals surface area (Å²) in [5, 5.41) is 7.72. The highest BCUT2D eigenvalue weighted by molar-refractivity contribution is 5.66. The van der Waals surface area contributed by atoms with Crippen LogP contribution >= 0.6 is 0 Å². The highest BCUT2D eigenvalue weighted by Crippen LogP contribution is 1.88. The van der Waals surface area contributed by atoms with Gasteiger partial charge < -0.3 is 14.6 Å². The zero-order valence-electron chi connectivity index (χ0n) is 8.87. The van der Waals surface area contributed by atoms with Gasteiger partial charge in [-0.15, -0.1) is 0 Å². The van der Waals surface area contributed by atoms with E-state index in [0.29, 0.717) is 6.61 Å². The second kappa shape index (κ2) is 11.4. The van der Waals surface area contributed by atoms with Crippen LogP contribution in [0.3, 0.4) is 0 Å². The number of carboxylic acids is 1. The molecule has 0 heterocycles. The minimum Gasteiger partial charge on any atom is -0.481 e. The first-order valence-corrected chi connectivity index (χ1v) is 4.40. The average molecular weight is 192 g/mol. The molecule has 0 aromatic carbocycles. The van der Waals surface area contributed by atoms with E-state index in [0.717, 1.165) is 6.61 Å². The number of ether oxygens (including phenoxy) is 2. The van der Waals surface area contributed by atoms with Crippen LogP contribution in [0.2, 0.25) is 0 Å². The first-order chi connectivity index (χ1) is 6.08. The topological polar surface area (TPSA) is 55.8 Å². The van der Waals surface area contributed by atoms with Crippen LogP contribution < -0.4 is 0 Å². The van der Waals surface area contributed by atoms with E-state index in [2.05, 4.69) is 0 Å². The number of rotatable bonds is 5. The molecule has 0 saturated carbocycles. The number of methoxy groups -OCH3 is 1. The lowest BCUT2D eigenvalue weighted by Crippen LogP contribution is -2.13. The Morgan fingerprint density at radius 2 is 1.92 bits per heavy atom. The summed E-state index contributed by atoms with van der Waals surface area (Å²) in [6.45, 7) is 7.03. The Bertz CT molecular complexity index is 108. The summed E-state index contributed by atoms with van der Waals surface area (Å²) in [7, 11) is 1.68. The third kappa shape index (κ3) is 18.4. The molecular formula is C9H20O4. The van der Waals surface area contributed by atoms with E-state index < -0.39 is 5.97 Å². The van der Waals surface area contributed by atoms with Gasteiger partial charge in [0.15, 0.2) is 0 Å². The molecule has 1 unspecified atom stereocenters. The molecule has 1 atom stereocenters. The summed E-state index contributed by atoms with van der Waals surface area (Å²) in [6.07, 6.45) is 0.463. The van der Waals surface area contributed by atoms with Gasteiger partial charge in [-0.05, 0) is 13.8 Å². The molecule has 0 aliphatic heterocycles. The Morgan fingerprint density at radius 1 is 1.46 bits per heavy atom. The van der Waals surface area contributed by atoms with E-state index in [-0.39, 0.29) is 12.5 Å². The lowest BCUT2D eigenvalue weighted by molar-refractivity contribution is -0.136. The molecule has 0 radical (unpaired) electrons. The van der Waals surface area contributed by atoms with Crippen LogP contribution in [0.4, 0.5) is 0 Å². The molecule has 0 saturated heterocycles. The van der Waals surface area contributed by atoms with Gasteiger partial charge in [0.25, 0.3) is 0 Å². The minimum atomic E-state index is -0.745. The van der Waals surface area contributed by atoms with Crippen molar-refractivity contribution >= 4 is 5.97 Å². The quantitative estimate of drug-likeness (QED) is 0.717. The summed E-state index contributed by atoms with van der Waals surface area (Å²) in [5.41, 5.74) is 0. The van der Waals surface area contributed by atoms with Gasteiger partial charge in [-0.2, -0.15) is 0 Å². The Morgan fingerprint density at radius 3 is 2.15 bits per heavy atom. The smallest absolute Gasteiger partial charge is 0.303 e. The molecule has 4 nitrogen and oxygen atoms in total. The van der Waals surface area contributed by atoms with Gasteiger partial charge in [0.1, 0.15) is 0 Å². The van der Waals surface area contributed by atoms with Gasteiger partial charge in [0, 0.05) is 20.1 Å². The lowest BCUT2D eigenvalue weighted by atomic mass is 10.4. The van der Waals surface area contributed by atoms with Gasteiger partial charge in [-0.1, -0.05) is 6.92 Å². The summed E-state index contributed by atoms with van der Waals surface area (Å²) in [5.74, 6) is -0.745. The molecule has 0 bridgehead atoms. The van der Waals surface area contributed by atoms with Gasteiger partial charge in [0.05, 0.1) is 12.7 Å². The van der Waals surface area contributed by atoms with Gasteiger partial charge >= 0.3 is 5.97 Å². The zero-order valence-corrected chi connectivity index (χ0v) is 8.87. The molecule has 0 aliphatic rings. The molecule has 0 rings (SSSR count). The van der Waals surface area contributed by atoms with Gasteiger partial charge in [0.2, 0.25) is 0 Å². The molecule has 0 aromatic rings. The van der Waals surface area contributed by atoms with Gasteiger partial charge in [-0.3, -0.25) is 4.79 Å². The first-order valence-electron chi connectivity index (χ1n) is 4.40. The van der Waals surface area contributed by atoms with Crippen LogP contribution in [0.25, 0.3) is 0 Å². The fourth-order valence-electron chi connectivity index (χ4n) is 0.567. The van der Waals surface area contributed by atoms with Crippen molar-refractivity contribution in [2.75, 3.05) is 20.3 Å². The number of hydrogen-bond donors (Lipinski definition) is 1. The molecule has 0 fully saturated rings. The third-order valence-electron chi connectivity index (χ3n) is 1.16. The summed E-state index contributed by atoms with van der Waals surface area (Å²) in [4.78, 5) is 9.37. The Kier molecular flexibility index (Phi) is 13.0. The molecular weight excluding hydrogens is 172 g/mol. The average Bonchev–Trinajstić information content (AvgIpc) is 2.06. The first kappa shape index (κ1) is 14.9. The largest absolute Gasteiger partial charge is 0.481 e. The Balaban J connectivity index is 0. The van der Waals surface area contributed by atoms with Crippen molar-refractivity contribution in [3.8, 4) is 0 Å². The van der Waals surface area contributed by atoms with E-state index in [1.54, 1.807) is 14.0 Å². The van der Waals surface area contributed by atoms with E-state index in [1.165, 1.54) is 0 Å². The number of carbonyl (C=O) groups is 1. The molecule has 1 N–H and O–H groups in total. The molecule has 80 valence electrons. The van der Waals surface area contributed by atoms with Crippen LogP contribution in [0.15, 0.2) is 0 Å². The number of carboxylic acid groups (broad SMARTS) is 1. The van der Waals surface area contributed by atoms with Gasteiger partial charge in [-0.25, -0.2) is 0 Å². The number of hydrogen-bond acceptors (Lipinski definition) is 3. The minimum absolute atomic E-state index is 0.222. The SMILES string of the molecule is CCC(=O)O.CCOC(C)COC. The normalized spacial score (nSPS) is 11.4. The monoisotopic (exact) mass is 192 g/mol. The maximum atomic E-state index is 9.37. The van der Waals surface area contributed by atoms with Crippen LogP contribution in [0.5, 0.6) is 0 Å². The molecule has 0 amide bonds. The number of aliphatic carboxylic acids is 1. The van der Waals surface area contributed by atoms with E-state index in [4.69, 9.17) is 14.6 Å². The predicted molar refractivity (Wildman–Crippen MR) is 50.9 cm³/mol. The fourth-order valence-corrected chi connectivity index (χ4v) is 0.567. The van der Waals surface area contributed by atoms with Crippen LogP contribution in [-0.2, 0) is 14.3 Å². The second-order valence-corrected chi connectivity index (χ2v) is 2.47. The lowest BCUT2D eigenvalue weighted by Gasteiger charge is -2.08. The summed E-state index contributed by atoms with van der Waals surface area (Å²) >= 11 is 0. The van der Waals surface area contributed by atoms with Crippen molar-refractivity contribution in [3.63, 3.8) is 0 Å². The maximum absolute atomic E-state index is 9.37. The van der Waals surface area contributed by atoms with E-state index >= 15 is 0 Å². The predicted octanol–water partition coefficient (Wildman–Crippen LogP) is 1.54. The highest BCUT2D eigenvalue weighted by Gasteiger charge is 1.96. The maximum Gasteiger partial charge on any atom is 0.303 e. The molecule has 0 aliphatic carbocycles. The van der Waals surface area contributed by atoms with Crippen molar-refractivity contribution in [2.45, 2.75) is 33.3 Å². The zero-order chi connectivity index (χ0) is 10.7. The summed E-state index contributed by atoms with van der Waals surface area (Å²) in [6, 6.07) is 0. The van der Waals surface area contributed by atoms with Crippen LogP contribution in [0, 0.1) is 0 Å². The molecule has 4 heteroatoms.